The molecule has 0 aliphatic carbocycles. The fraction of sp³-hybridized carbons (Fsp3) is 0.500. The van der Waals surface area contributed by atoms with Crippen LogP contribution in [0.2, 0.25) is 0 Å². The summed E-state index contributed by atoms with van der Waals surface area (Å²) in [4.78, 5) is 0. The molecule has 0 amide bonds. The van der Waals surface area contributed by atoms with Crippen molar-refractivity contribution in [2.24, 2.45) is 5.41 Å². The maximum Gasteiger partial charge on any atom is 0.573 e. The molecular weight excluding hydrogens is 247 g/mol. The molecule has 1 aromatic rings. The Bertz CT molecular complexity index is 374. The maximum absolute atomic E-state index is 11.9. The van der Waals surface area contributed by atoms with Crippen LogP contribution in [0.4, 0.5) is 18.9 Å². The van der Waals surface area contributed by atoms with Crippen molar-refractivity contribution >= 4 is 5.69 Å². The van der Waals surface area contributed by atoms with Gasteiger partial charge in [-0.1, -0.05) is 13.8 Å². The highest BCUT2D eigenvalue weighted by atomic mass is 19.4. The van der Waals surface area contributed by atoms with Crippen LogP contribution in [0, 0.1) is 5.41 Å². The van der Waals surface area contributed by atoms with E-state index in [-0.39, 0.29) is 17.8 Å². The van der Waals surface area contributed by atoms with Gasteiger partial charge in [-0.25, -0.2) is 0 Å². The van der Waals surface area contributed by atoms with Gasteiger partial charge in [-0.15, -0.1) is 13.2 Å². The minimum atomic E-state index is -4.67. The minimum absolute atomic E-state index is 0.0231. The van der Waals surface area contributed by atoms with Gasteiger partial charge in [0.05, 0.1) is 0 Å². The van der Waals surface area contributed by atoms with E-state index >= 15 is 0 Å². The number of aliphatic hydroxyl groups excluding tert-OH is 1. The fourth-order valence-corrected chi connectivity index (χ4v) is 1.17. The Kier molecular flexibility index (Phi) is 4.45. The molecule has 0 bridgehead atoms. The van der Waals surface area contributed by atoms with Crippen LogP contribution in [0.15, 0.2) is 24.3 Å². The average molecular weight is 263 g/mol. The molecule has 0 heterocycles. The first-order chi connectivity index (χ1) is 8.22. The number of rotatable bonds is 5. The van der Waals surface area contributed by atoms with E-state index in [1.165, 1.54) is 24.3 Å². The molecule has 0 saturated heterocycles. The lowest BCUT2D eigenvalue weighted by molar-refractivity contribution is -0.274. The predicted octanol–water partition coefficient (Wildman–Crippen LogP) is 3.02. The predicted molar refractivity (Wildman–Crippen MR) is 62.5 cm³/mol. The van der Waals surface area contributed by atoms with E-state index in [1.807, 2.05) is 13.8 Å². The van der Waals surface area contributed by atoms with E-state index in [1.54, 1.807) is 0 Å². The van der Waals surface area contributed by atoms with Gasteiger partial charge >= 0.3 is 6.36 Å². The Labute approximate surface area is 104 Å². The summed E-state index contributed by atoms with van der Waals surface area (Å²) in [5.41, 5.74) is 0.382. The van der Waals surface area contributed by atoms with E-state index in [9.17, 15) is 13.2 Å². The van der Waals surface area contributed by atoms with E-state index in [0.29, 0.717) is 12.2 Å². The lowest BCUT2D eigenvalue weighted by Gasteiger charge is -2.22. The number of benzene rings is 1. The van der Waals surface area contributed by atoms with Gasteiger partial charge in [0.15, 0.2) is 0 Å². The lowest BCUT2D eigenvalue weighted by Crippen LogP contribution is -2.26. The molecule has 0 saturated carbocycles. The highest BCUT2D eigenvalue weighted by Crippen LogP contribution is 2.24. The van der Waals surface area contributed by atoms with Crippen LogP contribution in [0.25, 0.3) is 0 Å². The smallest absolute Gasteiger partial charge is 0.406 e. The molecule has 0 aromatic heterocycles. The molecule has 6 heteroatoms. The van der Waals surface area contributed by atoms with Gasteiger partial charge in [-0.05, 0) is 24.3 Å². The highest BCUT2D eigenvalue weighted by Gasteiger charge is 2.30. The molecule has 102 valence electrons. The van der Waals surface area contributed by atoms with E-state index in [4.69, 9.17) is 5.11 Å². The van der Waals surface area contributed by atoms with Gasteiger partial charge in [0, 0.05) is 24.3 Å². The Balaban J connectivity index is 2.56. The summed E-state index contributed by atoms with van der Waals surface area (Å²) < 4.78 is 39.5. The van der Waals surface area contributed by atoms with Gasteiger partial charge in [0.2, 0.25) is 0 Å². The SMILES string of the molecule is CC(C)(CO)CNc1ccc(OC(F)(F)F)cc1. The van der Waals surface area contributed by atoms with Crippen LogP contribution in [0.5, 0.6) is 5.75 Å². The topological polar surface area (TPSA) is 41.5 Å². The second-order valence-electron chi connectivity index (χ2n) is 4.75. The molecule has 3 nitrogen and oxygen atoms in total. The normalized spacial score (nSPS) is 12.3. The number of nitrogens with one attached hydrogen (secondary N) is 1. The van der Waals surface area contributed by atoms with Gasteiger partial charge in [0.1, 0.15) is 5.75 Å². The maximum atomic E-state index is 11.9. The summed E-state index contributed by atoms with van der Waals surface area (Å²) in [6.07, 6.45) is -4.67. The molecule has 0 unspecified atom stereocenters. The number of hydrogen-bond acceptors (Lipinski definition) is 3. The number of ether oxygens (including phenoxy) is 1. The second-order valence-corrected chi connectivity index (χ2v) is 4.75. The van der Waals surface area contributed by atoms with Gasteiger partial charge in [-0.3, -0.25) is 0 Å². The first kappa shape index (κ1) is 14.6. The molecule has 0 fully saturated rings. The van der Waals surface area contributed by atoms with E-state index in [2.05, 4.69) is 10.1 Å². The molecule has 1 aromatic carbocycles. The zero-order valence-electron chi connectivity index (χ0n) is 10.2. The average Bonchev–Trinajstić information content (AvgIpc) is 2.26. The monoisotopic (exact) mass is 263 g/mol. The molecule has 18 heavy (non-hydrogen) atoms. The summed E-state index contributed by atoms with van der Waals surface area (Å²) in [6, 6.07) is 5.46. The number of aliphatic hydroxyl groups is 1. The van der Waals surface area contributed by atoms with Crippen LogP contribution in [0.1, 0.15) is 13.8 Å². The summed E-state index contributed by atoms with van der Waals surface area (Å²) in [6.45, 7) is 4.29. The third kappa shape index (κ3) is 5.27. The van der Waals surface area contributed by atoms with Crippen LogP contribution in [-0.2, 0) is 0 Å². The number of anilines is 1. The standard InChI is InChI=1S/C12H16F3NO2/c1-11(2,8-17)7-16-9-3-5-10(6-4-9)18-12(13,14)15/h3-6,16-17H,7-8H2,1-2H3. The largest absolute Gasteiger partial charge is 0.573 e. The Morgan fingerprint density at radius 2 is 1.72 bits per heavy atom. The molecule has 1 rings (SSSR count). The Hall–Kier alpha value is -1.43. The number of alkyl halides is 3. The highest BCUT2D eigenvalue weighted by molar-refractivity contribution is 5.46. The van der Waals surface area contributed by atoms with E-state index in [0.717, 1.165) is 0 Å². The molecule has 0 spiro atoms. The fourth-order valence-electron chi connectivity index (χ4n) is 1.17. The van der Waals surface area contributed by atoms with Gasteiger partial charge in [0.25, 0.3) is 0 Å². The van der Waals surface area contributed by atoms with Crippen molar-refractivity contribution in [3.63, 3.8) is 0 Å². The zero-order valence-corrected chi connectivity index (χ0v) is 10.2. The molecular formula is C12H16F3NO2. The first-order valence-electron chi connectivity index (χ1n) is 5.42. The van der Waals surface area contributed by atoms with Crippen molar-refractivity contribution in [3.05, 3.63) is 24.3 Å². The quantitative estimate of drug-likeness (QED) is 0.858. The summed E-state index contributed by atoms with van der Waals surface area (Å²) >= 11 is 0. The van der Waals surface area contributed by atoms with Gasteiger partial charge < -0.3 is 15.2 Å². The van der Waals surface area contributed by atoms with Crippen molar-refractivity contribution in [1.82, 2.24) is 0 Å². The number of halogens is 3. The molecule has 0 aliphatic heterocycles. The zero-order chi connectivity index (χ0) is 13.8. The van der Waals surface area contributed by atoms with Gasteiger partial charge in [-0.2, -0.15) is 0 Å². The van der Waals surface area contributed by atoms with Crippen LogP contribution >= 0.6 is 0 Å². The molecule has 0 aliphatic rings. The van der Waals surface area contributed by atoms with Crippen LogP contribution < -0.4 is 10.1 Å². The minimum Gasteiger partial charge on any atom is -0.406 e. The van der Waals surface area contributed by atoms with Crippen LogP contribution in [0.3, 0.4) is 0 Å². The van der Waals surface area contributed by atoms with Crippen molar-refractivity contribution in [1.29, 1.82) is 0 Å². The molecule has 0 radical (unpaired) electrons. The molecule has 2 N–H and O–H groups in total. The van der Waals surface area contributed by atoms with Crippen LogP contribution in [-0.4, -0.2) is 24.6 Å². The summed E-state index contributed by atoms with van der Waals surface area (Å²) in [7, 11) is 0. The number of hydrogen-bond donors (Lipinski definition) is 2. The van der Waals surface area contributed by atoms with Crippen molar-refractivity contribution in [3.8, 4) is 5.75 Å². The molecule has 0 atom stereocenters. The first-order valence-corrected chi connectivity index (χ1v) is 5.42. The third-order valence-electron chi connectivity index (χ3n) is 2.29. The van der Waals surface area contributed by atoms with Crippen molar-refractivity contribution in [2.45, 2.75) is 20.2 Å². The third-order valence-corrected chi connectivity index (χ3v) is 2.29. The Morgan fingerprint density at radius 1 is 1.17 bits per heavy atom. The van der Waals surface area contributed by atoms with Crippen molar-refractivity contribution in [2.75, 3.05) is 18.5 Å². The van der Waals surface area contributed by atoms with Crippen molar-refractivity contribution < 1.29 is 23.0 Å². The van der Waals surface area contributed by atoms with E-state index < -0.39 is 6.36 Å². The summed E-state index contributed by atoms with van der Waals surface area (Å²) in [5, 5.41) is 12.1. The summed E-state index contributed by atoms with van der Waals surface area (Å²) in [5.74, 6) is -0.255. The second kappa shape index (κ2) is 5.48. The Morgan fingerprint density at radius 3 is 2.17 bits per heavy atom. The lowest BCUT2D eigenvalue weighted by atomic mass is 9.95.